The quantitative estimate of drug-likeness (QED) is 0.528. The summed E-state index contributed by atoms with van der Waals surface area (Å²) in [7, 11) is 0. The summed E-state index contributed by atoms with van der Waals surface area (Å²) in [6.07, 6.45) is 1.43. The number of hydrogen-bond acceptors (Lipinski definition) is 0. The summed E-state index contributed by atoms with van der Waals surface area (Å²) in [5.74, 6) is 3.57. The Morgan fingerprint density at radius 3 is 1.07 bits per heavy atom. The van der Waals surface area contributed by atoms with Gasteiger partial charge in [0.25, 0.3) is 0 Å². The van der Waals surface area contributed by atoms with E-state index in [0.717, 1.165) is 23.7 Å². The van der Waals surface area contributed by atoms with Crippen molar-refractivity contribution >= 4 is 0 Å². The Kier molecular flexibility index (Phi) is 3.30. The molecule has 0 heteroatoms. The molecular weight excluding hydrogens is 180 g/mol. The molecule has 1 aliphatic rings. The third-order valence-electron chi connectivity index (χ3n) is 4.83. The van der Waals surface area contributed by atoms with Gasteiger partial charge in [-0.15, -0.1) is 0 Å². The van der Waals surface area contributed by atoms with Crippen molar-refractivity contribution in [1.82, 2.24) is 0 Å². The van der Waals surface area contributed by atoms with Gasteiger partial charge in [0, 0.05) is 0 Å². The van der Waals surface area contributed by atoms with Gasteiger partial charge in [-0.2, -0.15) is 0 Å². The molecule has 0 bridgehead atoms. The molecule has 4 atom stereocenters. The van der Waals surface area contributed by atoms with Gasteiger partial charge in [0.15, 0.2) is 0 Å². The Labute approximate surface area is 96.8 Å². The van der Waals surface area contributed by atoms with Crippen molar-refractivity contribution in [2.45, 2.75) is 61.8 Å². The van der Waals surface area contributed by atoms with Gasteiger partial charge in [-0.05, 0) is 40.9 Å². The Bertz CT molecular complexity index is 189. The van der Waals surface area contributed by atoms with Crippen molar-refractivity contribution < 1.29 is 0 Å². The highest BCUT2D eigenvalue weighted by Gasteiger charge is 2.46. The van der Waals surface area contributed by atoms with E-state index in [1.54, 1.807) is 0 Å². The molecule has 0 heterocycles. The Balaban J connectivity index is 2.86. The number of rotatable bonds is 0. The van der Waals surface area contributed by atoms with Crippen LogP contribution < -0.4 is 0 Å². The van der Waals surface area contributed by atoms with Crippen molar-refractivity contribution in [2.75, 3.05) is 0 Å². The molecule has 0 spiro atoms. The first-order chi connectivity index (χ1) is 6.55. The fourth-order valence-electron chi connectivity index (χ4n) is 3.72. The van der Waals surface area contributed by atoms with Gasteiger partial charge < -0.3 is 0 Å². The Morgan fingerprint density at radius 2 is 0.933 bits per heavy atom. The van der Waals surface area contributed by atoms with E-state index in [-0.39, 0.29) is 0 Å². The minimum atomic E-state index is 0.480. The fraction of sp³-hybridized carbons (Fsp3) is 1.00. The average molecular weight is 210 g/mol. The highest BCUT2D eigenvalue weighted by molar-refractivity contribution is 4.95. The predicted octanol–water partition coefficient (Wildman–Crippen LogP) is 4.99. The Morgan fingerprint density at radius 1 is 0.667 bits per heavy atom. The first-order valence-corrected chi connectivity index (χ1v) is 6.55. The molecule has 0 aromatic carbocycles. The third-order valence-corrected chi connectivity index (χ3v) is 4.83. The Hall–Kier alpha value is 0. The summed E-state index contributed by atoms with van der Waals surface area (Å²) < 4.78 is 0. The summed E-state index contributed by atoms with van der Waals surface area (Å²) >= 11 is 0. The molecule has 1 saturated carbocycles. The van der Waals surface area contributed by atoms with Crippen LogP contribution in [0.5, 0.6) is 0 Å². The third kappa shape index (κ3) is 2.57. The van der Waals surface area contributed by atoms with E-state index in [0.29, 0.717) is 10.8 Å². The van der Waals surface area contributed by atoms with Crippen LogP contribution in [0.3, 0.4) is 0 Å². The molecule has 1 fully saturated rings. The van der Waals surface area contributed by atoms with Crippen molar-refractivity contribution in [3.63, 3.8) is 0 Å². The van der Waals surface area contributed by atoms with E-state index in [4.69, 9.17) is 0 Å². The predicted molar refractivity (Wildman–Crippen MR) is 68.8 cm³/mol. The SMILES string of the molecule is CC1C(C)C(C(C)(C)C)CC1C(C)(C)C. The van der Waals surface area contributed by atoms with E-state index in [9.17, 15) is 0 Å². The smallest absolute Gasteiger partial charge is 0.0334 e. The minimum Gasteiger partial charge on any atom is -0.0620 e. The molecule has 0 N–H and O–H groups in total. The molecule has 0 amide bonds. The van der Waals surface area contributed by atoms with Gasteiger partial charge in [-0.3, -0.25) is 0 Å². The van der Waals surface area contributed by atoms with Crippen LogP contribution in [0, 0.1) is 34.5 Å². The molecule has 0 saturated heterocycles. The van der Waals surface area contributed by atoms with Gasteiger partial charge in [0.05, 0.1) is 0 Å². The topological polar surface area (TPSA) is 0 Å². The lowest BCUT2D eigenvalue weighted by Crippen LogP contribution is -2.24. The van der Waals surface area contributed by atoms with E-state index < -0.39 is 0 Å². The normalized spacial score (nSPS) is 38.4. The van der Waals surface area contributed by atoms with E-state index in [2.05, 4.69) is 55.4 Å². The van der Waals surface area contributed by atoms with Gasteiger partial charge in [-0.25, -0.2) is 0 Å². The molecule has 0 nitrogen and oxygen atoms in total. The molecule has 0 radical (unpaired) electrons. The maximum absolute atomic E-state index is 2.46. The van der Waals surface area contributed by atoms with Crippen molar-refractivity contribution in [3.05, 3.63) is 0 Å². The second-order valence-corrected chi connectivity index (χ2v) is 7.90. The maximum Gasteiger partial charge on any atom is -0.0334 e. The molecule has 1 aliphatic carbocycles. The zero-order valence-corrected chi connectivity index (χ0v) is 12.0. The van der Waals surface area contributed by atoms with Crippen LogP contribution >= 0.6 is 0 Å². The van der Waals surface area contributed by atoms with Crippen LogP contribution in [0.15, 0.2) is 0 Å². The second-order valence-electron chi connectivity index (χ2n) is 7.90. The van der Waals surface area contributed by atoms with Crippen LogP contribution in [0.1, 0.15) is 61.8 Å². The molecule has 0 aromatic rings. The highest BCUT2D eigenvalue weighted by atomic mass is 14.5. The summed E-state index contributed by atoms with van der Waals surface area (Å²) in [4.78, 5) is 0. The summed E-state index contributed by atoms with van der Waals surface area (Å²) in [6.45, 7) is 19.4. The zero-order valence-electron chi connectivity index (χ0n) is 12.0. The van der Waals surface area contributed by atoms with Crippen molar-refractivity contribution in [1.29, 1.82) is 0 Å². The van der Waals surface area contributed by atoms with Gasteiger partial charge in [-0.1, -0.05) is 55.4 Å². The lowest BCUT2D eigenvalue weighted by molar-refractivity contribution is 0.181. The molecule has 0 aromatic heterocycles. The summed E-state index contributed by atoms with van der Waals surface area (Å²) in [5.41, 5.74) is 0.960. The van der Waals surface area contributed by atoms with Gasteiger partial charge in [0.2, 0.25) is 0 Å². The molecule has 1 rings (SSSR count). The van der Waals surface area contributed by atoms with Crippen LogP contribution in [0.25, 0.3) is 0 Å². The van der Waals surface area contributed by atoms with Crippen molar-refractivity contribution in [3.8, 4) is 0 Å². The maximum atomic E-state index is 2.46. The lowest BCUT2D eigenvalue weighted by Gasteiger charge is -2.32. The lowest BCUT2D eigenvalue weighted by atomic mass is 9.74. The standard InChI is InChI=1S/C15H30/c1-10-11(2)13(15(6,7)8)9-12(10)14(3,4)5/h10-13H,9H2,1-8H3. The molecule has 4 unspecified atom stereocenters. The minimum absolute atomic E-state index is 0.480. The summed E-state index contributed by atoms with van der Waals surface area (Å²) in [6, 6.07) is 0. The van der Waals surface area contributed by atoms with Gasteiger partial charge in [0.1, 0.15) is 0 Å². The van der Waals surface area contributed by atoms with Crippen LogP contribution in [0.2, 0.25) is 0 Å². The fourth-order valence-corrected chi connectivity index (χ4v) is 3.72. The van der Waals surface area contributed by atoms with E-state index in [1.165, 1.54) is 6.42 Å². The monoisotopic (exact) mass is 210 g/mol. The number of hydrogen-bond donors (Lipinski definition) is 0. The second kappa shape index (κ2) is 3.79. The van der Waals surface area contributed by atoms with Gasteiger partial charge >= 0.3 is 0 Å². The molecule has 90 valence electrons. The largest absolute Gasteiger partial charge is 0.0620 e. The van der Waals surface area contributed by atoms with Crippen LogP contribution in [-0.4, -0.2) is 0 Å². The van der Waals surface area contributed by atoms with E-state index in [1.807, 2.05) is 0 Å². The van der Waals surface area contributed by atoms with Crippen molar-refractivity contribution in [2.24, 2.45) is 34.5 Å². The molecule has 15 heavy (non-hydrogen) atoms. The molecular formula is C15H30. The van der Waals surface area contributed by atoms with E-state index >= 15 is 0 Å². The first-order valence-electron chi connectivity index (χ1n) is 6.55. The molecule has 0 aliphatic heterocycles. The highest BCUT2D eigenvalue weighted by Crippen LogP contribution is 2.54. The summed E-state index contributed by atoms with van der Waals surface area (Å²) in [5, 5.41) is 0. The van der Waals surface area contributed by atoms with Crippen LogP contribution in [0.4, 0.5) is 0 Å². The van der Waals surface area contributed by atoms with Crippen LogP contribution in [-0.2, 0) is 0 Å². The average Bonchev–Trinajstić information content (AvgIpc) is 2.26. The first kappa shape index (κ1) is 13.1. The zero-order chi connectivity index (χ0) is 12.0.